The Bertz CT molecular complexity index is 440. The van der Waals surface area contributed by atoms with Crippen LogP contribution in [-0.2, 0) is 6.54 Å². The Balaban J connectivity index is 2.37. The Morgan fingerprint density at radius 1 is 1.29 bits per heavy atom. The number of nitrogens with zero attached hydrogens (tertiary/aromatic N) is 2. The molecule has 1 aromatic rings. The predicted octanol–water partition coefficient (Wildman–Crippen LogP) is 3.27. The number of hydrogen-bond donors (Lipinski definition) is 2. The summed E-state index contributed by atoms with van der Waals surface area (Å²) in [6.45, 7) is 9.53. The van der Waals surface area contributed by atoms with Crippen LogP contribution in [-0.4, -0.2) is 24.0 Å². The third-order valence-electron chi connectivity index (χ3n) is 3.57. The smallest absolute Gasteiger partial charge is 0.191 e. The van der Waals surface area contributed by atoms with Crippen molar-refractivity contribution >= 4 is 5.96 Å². The Morgan fingerprint density at radius 3 is 2.67 bits per heavy atom. The van der Waals surface area contributed by atoms with Crippen LogP contribution in [0.15, 0.2) is 23.3 Å². The van der Waals surface area contributed by atoms with Gasteiger partial charge in [0, 0.05) is 19.3 Å². The van der Waals surface area contributed by atoms with E-state index >= 15 is 0 Å². The first-order valence-corrected chi connectivity index (χ1v) is 7.90. The summed E-state index contributed by atoms with van der Waals surface area (Å²) >= 11 is 0. The van der Waals surface area contributed by atoms with Gasteiger partial charge in [0.2, 0.25) is 0 Å². The minimum absolute atomic E-state index is 0.430. The summed E-state index contributed by atoms with van der Waals surface area (Å²) in [6, 6.07) is 4.47. The van der Waals surface area contributed by atoms with Crippen LogP contribution >= 0.6 is 0 Å². The van der Waals surface area contributed by atoms with Crippen LogP contribution in [0.3, 0.4) is 0 Å². The van der Waals surface area contributed by atoms with Gasteiger partial charge < -0.3 is 10.6 Å². The molecular formula is C17H30N4. The molecular weight excluding hydrogens is 260 g/mol. The van der Waals surface area contributed by atoms with Gasteiger partial charge in [-0.25, -0.2) is 0 Å². The Morgan fingerprint density at radius 2 is 2.05 bits per heavy atom. The molecule has 1 aromatic heterocycles. The molecule has 21 heavy (non-hydrogen) atoms. The molecule has 4 nitrogen and oxygen atoms in total. The molecule has 0 fully saturated rings. The highest BCUT2D eigenvalue weighted by Crippen LogP contribution is 2.08. The summed E-state index contributed by atoms with van der Waals surface area (Å²) in [5, 5.41) is 6.77. The summed E-state index contributed by atoms with van der Waals surface area (Å²) in [4.78, 5) is 8.67. The number of aliphatic imine (C=N–C) groups is 1. The number of nitrogens with one attached hydrogen (secondary N) is 2. The van der Waals surface area contributed by atoms with E-state index < -0.39 is 0 Å². The first-order chi connectivity index (χ1) is 10.0. The van der Waals surface area contributed by atoms with Crippen molar-refractivity contribution in [3.8, 4) is 0 Å². The molecule has 0 amide bonds. The van der Waals surface area contributed by atoms with Crippen LogP contribution < -0.4 is 10.6 Å². The number of aromatic nitrogens is 1. The van der Waals surface area contributed by atoms with Gasteiger partial charge in [-0.15, -0.1) is 0 Å². The van der Waals surface area contributed by atoms with Gasteiger partial charge in [-0.05, 0) is 37.8 Å². The van der Waals surface area contributed by atoms with E-state index in [0.717, 1.165) is 17.6 Å². The van der Waals surface area contributed by atoms with Crippen LogP contribution in [0.5, 0.6) is 0 Å². The van der Waals surface area contributed by atoms with Gasteiger partial charge in [0.1, 0.15) is 0 Å². The lowest BCUT2D eigenvalue weighted by molar-refractivity contribution is 0.491. The fourth-order valence-electron chi connectivity index (χ4n) is 2.20. The van der Waals surface area contributed by atoms with E-state index in [1.807, 2.05) is 12.3 Å². The summed E-state index contributed by atoms with van der Waals surface area (Å²) in [6.07, 6.45) is 5.53. The van der Waals surface area contributed by atoms with Gasteiger partial charge >= 0.3 is 0 Å². The topological polar surface area (TPSA) is 49.3 Å². The summed E-state index contributed by atoms with van der Waals surface area (Å²) < 4.78 is 0. The van der Waals surface area contributed by atoms with Gasteiger partial charge in [0.15, 0.2) is 5.96 Å². The number of aryl methyl sites for hydroxylation is 1. The third kappa shape index (κ3) is 7.11. The minimum Gasteiger partial charge on any atom is -0.354 e. The van der Waals surface area contributed by atoms with Crippen molar-refractivity contribution in [3.05, 3.63) is 29.6 Å². The lowest BCUT2D eigenvalue weighted by atomic mass is 10.0. The van der Waals surface area contributed by atoms with Crippen molar-refractivity contribution in [2.75, 3.05) is 7.05 Å². The fourth-order valence-corrected chi connectivity index (χ4v) is 2.20. The second kappa shape index (κ2) is 9.37. The monoisotopic (exact) mass is 290 g/mol. The average Bonchev–Trinajstić information content (AvgIpc) is 2.44. The quantitative estimate of drug-likeness (QED) is 0.598. The molecule has 0 bridgehead atoms. The van der Waals surface area contributed by atoms with E-state index in [9.17, 15) is 0 Å². The standard InChI is InChI=1S/C17H30N4/c1-13(2)8-6-10-15(4)21-17(18-5)20-12-16-14(3)9-7-11-19-16/h7,9,11,13,15H,6,8,10,12H2,1-5H3,(H2,18,20,21). The molecule has 0 aromatic carbocycles. The van der Waals surface area contributed by atoms with Crippen molar-refractivity contribution in [2.45, 2.75) is 59.5 Å². The van der Waals surface area contributed by atoms with Gasteiger partial charge in [0.25, 0.3) is 0 Å². The molecule has 1 heterocycles. The first kappa shape index (κ1) is 17.5. The van der Waals surface area contributed by atoms with Crippen molar-refractivity contribution in [2.24, 2.45) is 10.9 Å². The molecule has 0 aliphatic rings. The minimum atomic E-state index is 0.430. The number of rotatable bonds is 7. The molecule has 0 saturated carbocycles. The lowest BCUT2D eigenvalue weighted by Crippen LogP contribution is -2.42. The number of hydrogen-bond acceptors (Lipinski definition) is 2. The fraction of sp³-hybridized carbons (Fsp3) is 0.647. The lowest BCUT2D eigenvalue weighted by Gasteiger charge is -2.18. The highest BCUT2D eigenvalue weighted by atomic mass is 15.2. The molecule has 1 atom stereocenters. The molecule has 4 heteroatoms. The van der Waals surface area contributed by atoms with Gasteiger partial charge in [-0.1, -0.05) is 32.8 Å². The molecule has 1 rings (SSSR count). The van der Waals surface area contributed by atoms with E-state index in [-0.39, 0.29) is 0 Å². The van der Waals surface area contributed by atoms with Crippen molar-refractivity contribution in [1.29, 1.82) is 0 Å². The Labute approximate surface area is 129 Å². The van der Waals surface area contributed by atoms with E-state index in [1.54, 1.807) is 7.05 Å². The molecule has 0 radical (unpaired) electrons. The van der Waals surface area contributed by atoms with E-state index in [1.165, 1.54) is 24.8 Å². The molecule has 2 N–H and O–H groups in total. The zero-order valence-electron chi connectivity index (χ0n) is 14.1. The van der Waals surface area contributed by atoms with Crippen LogP contribution in [0.2, 0.25) is 0 Å². The summed E-state index contributed by atoms with van der Waals surface area (Å²) in [7, 11) is 1.81. The normalized spacial score (nSPS) is 13.3. The van der Waals surface area contributed by atoms with Crippen molar-refractivity contribution in [1.82, 2.24) is 15.6 Å². The van der Waals surface area contributed by atoms with Crippen LogP contribution in [0.4, 0.5) is 0 Å². The van der Waals surface area contributed by atoms with Gasteiger partial charge in [0.05, 0.1) is 12.2 Å². The highest BCUT2D eigenvalue weighted by Gasteiger charge is 2.06. The van der Waals surface area contributed by atoms with Crippen LogP contribution in [0.25, 0.3) is 0 Å². The summed E-state index contributed by atoms with van der Waals surface area (Å²) in [5.41, 5.74) is 2.26. The SMILES string of the molecule is CN=C(NCc1ncccc1C)NC(C)CCCC(C)C. The second-order valence-corrected chi connectivity index (χ2v) is 6.06. The second-order valence-electron chi connectivity index (χ2n) is 6.06. The highest BCUT2D eigenvalue weighted by molar-refractivity contribution is 5.79. The molecule has 0 aliphatic heterocycles. The van der Waals surface area contributed by atoms with E-state index in [2.05, 4.69) is 54.4 Å². The van der Waals surface area contributed by atoms with Crippen LogP contribution in [0.1, 0.15) is 51.3 Å². The molecule has 0 spiro atoms. The van der Waals surface area contributed by atoms with Crippen molar-refractivity contribution < 1.29 is 0 Å². The average molecular weight is 290 g/mol. The zero-order chi connectivity index (χ0) is 15.7. The predicted molar refractivity (Wildman–Crippen MR) is 90.5 cm³/mol. The van der Waals surface area contributed by atoms with Crippen molar-refractivity contribution in [3.63, 3.8) is 0 Å². The van der Waals surface area contributed by atoms with E-state index in [0.29, 0.717) is 12.6 Å². The summed E-state index contributed by atoms with van der Waals surface area (Å²) in [5.74, 6) is 1.62. The number of guanidine groups is 1. The first-order valence-electron chi connectivity index (χ1n) is 7.90. The van der Waals surface area contributed by atoms with Gasteiger partial charge in [-0.3, -0.25) is 9.98 Å². The zero-order valence-corrected chi connectivity index (χ0v) is 14.1. The van der Waals surface area contributed by atoms with E-state index in [4.69, 9.17) is 0 Å². The largest absolute Gasteiger partial charge is 0.354 e. The maximum Gasteiger partial charge on any atom is 0.191 e. The molecule has 118 valence electrons. The molecule has 0 saturated heterocycles. The molecule has 1 unspecified atom stereocenters. The third-order valence-corrected chi connectivity index (χ3v) is 3.57. The Hall–Kier alpha value is -1.58. The molecule has 0 aliphatic carbocycles. The van der Waals surface area contributed by atoms with Crippen LogP contribution in [0, 0.1) is 12.8 Å². The number of pyridine rings is 1. The van der Waals surface area contributed by atoms with Gasteiger partial charge in [-0.2, -0.15) is 0 Å². The maximum atomic E-state index is 4.39. The maximum absolute atomic E-state index is 4.39. The Kier molecular flexibility index (Phi) is 7.80.